The van der Waals surface area contributed by atoms with Gasteiger partial charge in [-0.15, -0.1) is 0 Å². The Kier molecular flexibility index (Phi) is 6.24. The zero-order chi connectivity index (χ0) is 17.4. The Hall–Kier alpha value is -2.96. The molecule has 0 unspecified atom stereocenters. The fraction of sp³-hybridized carbons (Fsp3) is 0.111. The first-order valence-electron chi connectivity index (χ1n) is 7.32. The molecule has 0 saturated carbocycles. The van der Waals surface area contributed by atoms with E-state index in [2.05, 4.69) is 5.32 Å². The molecule has 1 atom stereocenters. The third kappa shape index (κ3) is 5.05. The van der Waals surface area contributed by atoms with Crippen LogP contribution in [0.5, 0.6) is 0 Å². The number of carboxylic acid groups (broad SMARTS) is 1. The van der Waals surface area contributed by atoms with Crippen LogP contribution in [0.15, 0.2) is 60.7 Å². The second-order valence-electron chi connectivity index (χ2n) is 5.12. The van der Waals surface area contributed by atoms with E-state index in [4.69, 9.17) is 5.21 Å². The maximum atomic E-state index is 11.5. The summed E-state index contributed by atoms with van der Waals surface area (Å²) in [6, 6.07) is 15.5. The van der Waals surface area contributed by atoms with Crippen LogP contribution in [0.1, 0.15) is 22.7 Å². The van der Waals surface area contributed by atoms with Gasteiger partial charge in [0.1, 0.15) is 6.04 Å². The van der Waals surface area contributed by atoms with E-state index in [-0.39, 0.29) is 0 Å². The Morgan fingerprint density at radius 1 is 1.08 bits per heavy atom. The fourth-order valence-electron chi connectivity index (χ4n) is 2.23. The van der Waals surface area contributed by atoms with Crippen LogP contribution in [-0.4, -0.2) is 22.2 Å². The average molecular weight is 326 g/mol. The van der Waals surface area contributed by atoms with Gasteiger partial charge in [-0.1, -0.05) is 54.6 Å². The summed E-state index contributed by atoms with van der Waals surface area (Å²) in [6.07, 6.45) is 2.76. The van der Waals surface area contributed by atoms with Crippen molar-refractivity contribution in [1.29, 1.82) is 0 Å². The van der Waals surface area contributed by atoms with Crippen molar-refractivity contribution in [2.75, 3.05) is 0 Å². The van der Waals surface area contributed by atoms with E-state index in [1.165, 1.54) is 11.6 Å². The van der Waals surface area contributed by atoms with Gasteiger partial charge >= 0.3 is 5.97 Å². The molecule has 0 bridgehead atoms. The second kappa shape index (κ2) is 8.61. The van der Waals surface area contributed by atoms with Crippen molar-refractivity contribution >= 4 is 18.0 Å². The van der Waals surface area contributed by atoms with Crippen LogP contribution in [0, 0.1) is 0 Å². The molecule has 1 amide bonds. The van der Waals surface area contributed by atoms with Crippen molar-refractivity contribution in [3.63, 3.8) is 0 Å². The third-order valence-corrected chi connectivity index (χ3v) is 3.38. The fourth-order valence-corrected chi connectivity index (χ4v) is 2.23. The van der Waals surface area contributed by atoms with Gasteiger partial charge in [-0.2, -0.15) is 0 Å². The smallest absolute Gasteiger partial charge is 0.325 e. The van der Waals surface area contributed by atoms with E-state index in [1.807, 2.05) is 24.3 Å². The SMILES string of the molecule is O=C(/C=C/c1cccc(CN[C@H](C(=O)O)c2ccccc2)c1)NO. The highest BCUT2D eigenvalue weighted by atomic mass is 16.5. The monoisotopic (exact) mass is 326 g/mol. The molecule has 2 rings (SSSR count). The van der Waals surface area contributed by atoms with Gasteiger partial charge in [-0.3, -0.25) is 20.1 Å². The summed E-state index contributed by atoms with van der Waals surface area (Å²) in [6.45, 7) is 0.361. The van der Waals surface area contributed by atoms with Crippen LogP contribution in [0.25, 0.3) is 6.08 Å². The van der Waals surface area contributed by atoms with Crippen LogP contribution in [0.2, 0.25) is 0 Å². The van der Waals surface area contributed by atoms with Crippen LogP contribution in [0.3, 0.4) is 0 Å². The Labute approximate surface area is 139 Å². The minimum atomic E-state index is -0.947. The van der Waals surface area contributed by atoms with E-state index in [1.54, 1.807) is 36.4 Å². The van der Waals surface area contributed by atoms with E-state index in [9.17, 15) is 14.7 Å². The van der Waals surface area contributed by atoms with Gasteiger partial charge in [0, 0.05) is 12.6 Å². The molecule has 2 aromatic carbocycles. The summed E-state index contributed by atoms with van der Waals surface area (Å²) in [7, 11) is 0. The zero-order valence-corrected chi connectivity index (χ0v) is 12.8. The standard InChI is InChI=1S/C18H18N2O4/c21-16(20-24)10-9-13-5-4-6-14(11-13)12-19-17(18(22)23)15-7-2-1-3-8-15/h1-11,17,19,24H,12H2,(H,20,21)(H,22,23)/b10-9+/t17-/m0/s1. The number of amides is 1. The third-order valence-electron chi connectivity index (χ3n) is 3.38. The Balaban J connectivity index is 2.06. The molecule has 6 heteroatoms. The van der Waals surface area contributed by atoms with Crippen molar-refractivity contribution in [3.05, 3.63) is 77.4 Å². The lowest BCUT2D eigenvalue weighted by Gasteiger charge is -2.15. The lowest BCUT2D eigenvalue weighted by molar-refractivity contribution is -0.139. The van der Waals surface area contributed by atoms with Crippen LogP contribution >= 0.6 is 0 Å². The molecule has 0 spiro atoms. The van der Waals surface area contributed by atoms with Crippen LogP contribution in [-0.2, 0) is 16.1 Å². The zero-order valence-electron chi connectivity index (χ0n) is 12.8. The van der Waals surface area contributed by atoms with E-state index >= 15 is 0 Å². The lowest BCUT2D eigenvalue weighted by Crippen LogP contribution is -2.28. The number of aliphatic carboxylic acids is 1. The first-order chi connectivity index (χ1) is 11.6. The van der Waals surface area contributed by atoms with Crippen molar-refractivity contribution in [2.24, 2.45) is 0 Å². The number of nitrogens with one attached hydrogen (secondary N) is 2. The maximum Gasteiger partial charge on any atom is 0.325 e. The van der Waals surface area contributed by atoms with Gasteiger partial charge in [0.05, 0.1) is 0 Å². The molecule has 0 radical (unpaired) electrons. The number of hydrogen-bond donors (Lipinski definition) is 4. The molecular formula is C18H18N2O4. The topological polar surface area (TPSA) is 98.7 Å². The highest BCUT2D eigenvalue weighted by molar-refractivity contribution is 5.90. The lowest BCUT2D eigenvalue weighted by atomic mass is 10.1. The molecule has 6 nitrogen and oxygen atoms in total. The Bertz CT molecular complexity index is 729. The normalized spacial score (nSPS) is 12.0. The van der Waals surface area contributed by atoms with Gasteiger partial charge in [0.2, 0.25) is 0 Å². The number of hydrogen-bond acceptors (Lipinski definition) is 4. The van der Waals surface area contributed by atoms with Crippen molar-refractivity contribution in [2.45, 2.75) is 12.6 Å². The molecule has 0 fully saturated rings. The summed E-state index contributed by atoms with van der Waals surface area (Å²) < 4.78 is 0. The van der Waals surface area contributed by atoms with Crippen molar-refractivity contribution < 1.29 is 19.9 Å². The number of carbonyl (C=O) groups excluding carboxylic acids is 1. The quantitative estimate of drug-likeness (QED) is 0.355. The van der Waals surface area contributed by atoms with Gasteiger partial charge in [-0.25, -0.2) is 5.48 Å². The molecule has 0 heterocycles. The molecule has 2 aromatic rings. The number of rotatable bonds is 7. The van der Waals surface area contributed by atoms with Gasteiger partial charge < -0.3 is 5.11 Å². The predicted octanol–water partition coefficient (Wildman–Crippen LogP) is 2.12. The molecule has 4 N–H and O–H groups in total. The minimum absolute atomic E-state index is 0.361. The van der Waals surface area contributed by atoms with Crippen LogP contribution in [0.4, 0.5) is 0 Å². The van der Waals surface area contributed by atoms with Gasteiger partial charge in [0.15, 0.2) is 0 Å². The number of carbonyl (C=O) groups is 2. The molecule has 0 aromatic heterocycles. The van der Waals surface area contributed by atoms with Crippen LogP contribution < -0.4 is 10.8 Å². The highest BCUT2D eigenvalue weighted by Crippen LogP contribution is 2.14. The maximum absolute atomic E-state index is 11.5. The van der Waals surface area contributed by atoms with E-state index in [0.717, 1.165) is 11.1 Å². The largest absolute Gasteiger partial charge is 0.480 e. The number of benzene rings is 2. The van der Waals surface area contributed by atoms with E-state index < -0.39 is 17.9 Å². The van der Waals surface area contributed by atoms with E-state index in [0.29, 0.717) is 12.1 Å². The molecule has 0 saturated heterocycles. The number of carboxylic acids is 1. The minimum Gasteiger partial charge on any atom is -0.480 e. The average Bonchev–Trinajstić information content (AvgIpc) is 2.61. The first-order valence-corrected chi connectivity index (χ1v) is 7.32. The van der Waals surface area contributed by atoms with Crippen molar-refractivity contribution in [1.82, 2.24) is 10.8 Å². The van der Waals surface area contributed by atoms with Gasteiger partial charge in [-0.05, 0) is 22.8 Å². The Morgan fingerprint density at radius 2 is 1.83 bits per heavy atom. The first kappa shape index (κ1) is 17.4. The molecule has 0 aliphatic heterocycles. The van der Waals surface area contributed by atoms with Crippen molar-refractivity contribution in [3.8, 4) is 0 Å². The molecule has 0 aliphatic carbocycles. The highest BCUT2D eigenvalue weighted by Gasteiger charge is 2.18. The summed E-state index contributed by atoms with van der Waals surface area (Å²) >= 11 is 0. The summed E-state index contributed by atoms with van der Waals surface area (Å²) in [5, 5.41) is 20.9. The summed E-state index contributed by atoms with van der Waals surface area (Å²) in [4.78, 5) is 22.4. The molecule has 24 heavy (non-hydrogen) atoms. The molecule has 124 valence electrons. The predicted molar refractivity (Wildman–Crippen MR) is 89.1 cm³/mol. The Morgan fingerprint density at radius 3 is 2.50 bits per heavy atom. The molecule has 0 aliphatic rings. The number of hydroxylamine groups is 1. The van der Waals surface area contributed by atoms with Gasteiger partial charge in [0.25, 0.3) is 5.91 Å². The summed E-state index contributed by atoms with van der Waals surface area (Å²) in [5.41, 5.74) is 3.84. The summed E-state index contributed by atoms with van der Waals surface area (Å²) in [5.74, 6) is -1.56. The molecular weight excluding hydrogens is 308 g/mol. The second-order valence-corrected chi connectivity index (χ2v) is 5.12.